The van der Waals surface area contributed by atoms with E-state index in [0.29, 0.717) is 11.1 Å². The summed E-state index contributed by atoms with van der Waals surface area (Å²) in [5.74, 6) is 0.740. The van der Waals surface area contributed by atoms with E-state index >= 15 is 0 Å². The molecule has 1 aliphatic carbocycles. The molecule has 0 bridgehead atoms. The molecule has 4 heteroatoms. The number of aryl methyl sites for hydroxylation is 1. The van der Waals surface area contributed by atoms with Gasteiger partial charge in [-0.2, -0.15) is 0 Å². The third-order valence-electron chi connectivity index (χ3n) is 3.35. The fraction of sp³-hybridized carbons (Fsp3) is 0.571. The topological polar surface area (TPSA) is 30.5 Å². The average molecular weight is 270 g/mol. The highest BCUT2D eigenvalue weighted by Gasteiger charge is 2.42. The normalized spacial score (nSPS) is 26.8. The molecule has 100 valence electrons. The van der Waals surface area contributed by atoms with E-state index in [-0.39, 0.29) is 12.2 Å². The van der Waals surface area contributed by atoms with Crippen LogP contribution in [0.3, 0.4) is 0 Å². The van der Waals surface area contributed by atoms with Crippen LogP contribution in [0.5, 0.6) is 5.75 Å². The van der Waals surface area contributed by atoms with Crippen LogP contribution < -0.4 is 10.1 Å². The maximum Gasteiger partial charge on any atom is 0.138 e. The van der Waals surface area contributed by atoms with Crippen molar-refractivity contribution in [2.75, 3.05) is 13.7 Å². The Hall–Kier alpha value is -0.770. The molecule has 0 spiro atoms. The SMILES string of the molecule is CCNC1CC(Oc2ccc(C)cc2Cl)C1OC. The highest BCUT2D eigenvalue weighted by Crippen LogP contribution is 2.32. The average Bonchev–Trinajstić information content (AvgIpc) is 2.31. The molecule has 3 atom stereocenters. The fourth-order valence-corrected chi connectivity index (χ4v) is 2.62. The molecule has 0 radical (unpaired) electrons. The van der Waals surface area contributed by atoms with Gasteiger partial charge in [0.25, 0.3) is 0 Å². The number of rotatable bonds is 5. The summed E-state index contributed by atoms with van der Waals surface area (Å²) in [5.41, 5.74) is 1.13. The molecule has 0 aliphatic heterocycles. The van der Waals surface area contributed by atoms with Gasteiger partial charge in [-0.25, -0.2) is 0 Å². The zero-order chi connectivity index (χ0) is 13.1. The van der Waals surface area contributed by atoms with Crippen LogP contribution in [-0.4, -0.2) is 31.9 Å². The highest BCUT2D eigenvalue weighted by molar-refractivity contribution is 6.32. The van der Waals surface area contributed by atoms with E-state index in [4.69, 9.17) is 21.1 Å². The number of ether oxygens (including phenoxy) is 2. The molecule has 0 aromatic heterocycles. The van der Waals surface area contributed by atoms with E-state index in [9.17, 15) is 0 Å². The molecular weight excluding hydrogens is 250 g/mol. The lowest BCUT2D eigenvalue weighted by atomic mass is 9.85. The number of nitrogens with one attached hydrogen (secondary N) is 1. The Labute approximate surface area is 113 Å². The largest absolute Gasteiger partial charge is 0.486 e. The van der Waals surface area contributed by atoms with Crippen molar-refractivity contribution in [3.63, 3.8) is 0 Å². The molecule has 18 heavy (non-hydrogen) atoms. The molecular formula is C14H20ClNO2. The van der Waals surface area contributed by atoms with Crippen molar-refractivity contribution in [3.8, 4) is 5.75 Å². The number of benzene rings is 1. The summed E-state index contributed by atoms with van der Waals surface area (Å²) >= 11 is 6.16. The van der Waals surface area contributed by atoms with Gasteiger partial charge >= 0.3 is 0 Å². The second-order valence-electron chi connectivity index (χ2n) is 4.69. The first kappa shape index (κ1) is 13.7. The van der Waals surface area contributed by atoms with Gasteiger partial charge < -0.3 is 14.8 Å². The predicted molar refractivity (Wildman–Crippen MR) is 73.5 cm³/mol. The molecule has 2 rings (SSSR count). The van der Waals surface area contributed by atoms with Crippen molar-refractivity contribution in [2.45, 2.75) is 38.5 Å². The number of halogens is 1. The Morgan fingerprint density at radius 2 is 2.22 bits per heavy atom. The summed E-state index contributed by atoms with van der Waals surface area (Å²) in [6, 6.07) is 6.22. The van der Waals surface area contributed by atoms with Crippen molar-refractivity contribution in [1.82, 2.24) is 5.32 Å². The molecule has 0 saturated heterocycles. The summed E-state index contributed by atoms with van der Waals surface area (Å²) in [6.07, 6.45) is 1.14. The monoisotopic (exact) mass is 269 g/mol. The van der Waals surface area contributed by atoms with Crippen LogP contribution in [0.4, 0.5) is 0 Å². The van der Waals surface area contributed by atoms with E-state index < -0.39 is 0 Å². The van der Waals surface area contributed by atoms with E-state index in [1.54, 1.807) is 7.11 Å². The van der Waals surface area contributed by atoms with Crippen molar-refractivity contribution >= 4 is 11.6 Å². The quantitative estimate of drug-likeness (QED) is 0.892. The first-order valence-electron chi connectivity index (χ1n) is 6.34. The van der Waals surface area contributed by atoms with Crippen molar-refractivity contribution < 1.29 is 9.47 Å². The van der Waals surface area contributed by atoms with Crippen LogP contribution in [0, 0.1) is 6.92 Å². The van der Waals surface area contributed by atoms with Crippen molar-refractivity contribution in [2.24, 2.45) is 0 Å². The van der Waals surface area contributed by atoms with Gasteiger partial charge in [0.15, 0.2) is 0 Å². The lowest BCUT2D eigenvalue weighted by Gasteiger charge is -2.43. The number of methoxy groups -OCH3 is 1. The van der Waals surface area contributed by atoms with Gasteiger partial charge in [-0.15, -0.1) is 0 Å². The van der Waals surface area contributed by atoms with Gasteiger partial charge in [0.2, 0.25) is 0 Å². The summed E-state index contributed by atoms with van der Waals surface area (Å²) in [4.78, 5) is 0. The smallest absolute Gasteiger partial charge is 0.138 e. The number of likely N-dealkylation sites (N-methyl/N-ethyl adjacent to an activating group) is 1. The first-order valence-corrected chi connectivity index (χ1v) is 6.72. The third kappa shape index (κ3) is 2.79. The maximum atomic E-state index is 6.16. The van der Waals surface area contributed by atoms with E-state index in [0.717, 1.165) is 24.3 Å². The summed E-state index contributed by atoms with van der Waals surface area (Å²) < 4.78 is 11.4. The molecule has 1 N–H and O–H groups in total. The maximum absolute atomic E-state index is 6.16. The third-order valence-corrected chi connectivity index (χ3v) is 3.65. The van der Waals surface area contributed by atoms with Crippen LogP contribution in [0.2, 0.25) is 5.02 Å². The molecule has 3 unspecified atom stereocenters. The number of hydrogen-bond acceptors (Lipinski definition) is 3. The van der Waals surface area contributed by atoms with Crippen molar-refractivity contribution in [1.29, 1.82) is 0 Å². The Balaban J connectivity index is 1.98. The fourth-order valence-electron chi connectivity index (χ4n) is 2.34. The standard InChI is InChI=1S/C14H20ClNO2/c1-4-16-11-8-13(14(11)17-3)18-12-6-5-9(2)7-10(12)15/h5-7,11,13-14,16H,4,8H2,1-3H3. The number of hydrogen-bond donors (Lipinski definition) is 1. The molecule has 1 saturated carbocycles. The molecule has 1 fully saturated rings. The van der Waals surface area contributed by atoms with Crippen LogP contribution >= 0.6 is 11.6 Å². The van der Waals surface area contributed by atoms with E-state index in [1.807, 2.05) is 25.1 Å². The van der Waals surface area contributed by atoms with Gasteiger partial charge in [-0.05, 0) is 31.2 Å². The van der Waals surface area contributed by atoms with E-state index in [1.165, 1.54) is 0 Å². The van der Waals surface area contributed by atoms with Gasteiger partial charge in [0.1, 0.15) is 18.0 Å². The molecule has 1 aromatic rings. The minimum Gasteiger partial charge on any atom is -0.486 e. The summed E-state index contributed by atoms with van der Waals surface area (Å²) in [7, 11) is 1.72. The van der Waals surface area contributed by atoms with Gasteiger partial charge in [0.05, 0.1) is 5.02 Å². The van der Waals surface area contributed by atoms with Gasteiger partial charge in [0, 0.05) is 19.6 Å². The highest BCUT2D eigenvalue weighted by atomic mass is 35.5. The summed E-state index contributed by atoms with van der Waals surface area (Å²) in [5, 5.41) is 4.05. The van der Waals surface area contributed by atoms with Gasteiger partial charge in [-0.3, -0.25) is 0 Å². The van der Waals surface area contributed by atoms with Crippen LogP contribution in [0.15, 0.2) is 18.2 Å². The zero-order valence-corrected chi connectivity index (χ0v) is 11.8. The van der Waals surface area contributed by atoms with Crippen LogP contribution in [0.1, 0.15) is 18.9 Å². The second kappa shape index (κ2) is 5.91. The van der Waals surface area contributed by atoms with Gasteiger partial charge in [-0.1, -0.05) is 24.6 Å². The van der Waals surface area contributed by atoms with Crippen LogP contribution in [0.25, 0.3) is 0 Å². The van der Waals surface area contributed by atoms with Crippen LogP contribution in [-0.2, 0) is 4.74 Å². The molecule has 3 nitrogen and oxygen atoms in total. The Bertz CT molecular complexity index is 411. The lowest BCUT2D eigenvalue weighted by molar-refractivity contribution is -0.0883. The molecule has 1 aromatic carbocycles. The first-order chi connectivity index (χ1) is 8.65. The van der Waals surface area contributed by atoms with E-state index in [2.05, 4.69) is 12.2 Å². The van der Waals surface area contributed by atoms with Crippen molar-refractivity contribution in [3.05, 3.63) is 28.8 Å². The Kier molecular flexibility index (Phi) is 4.49. The molecule has 0 heterocycles. The zero-order valence-electron chi connectivity index (χ0n) is 11.1. The predicted octanol–water partition coefficient (Wildman–Crippen LogP) is 2.79. The minimum absolute atomic E-state index is 0.0826. The molecule has 0 amide bonds. The Morgan fingerprint density at radius 1 is 1.44 bits per heavy atom. The second-order valence-corrected chi connectivity index (χ2v) is 5.10. The Morgan fingerprint density at radius 3 is 2.83 bits per heavy atom. The summed E-state index contributed by atoms with van der Waals surface area (Å²) in [6.45, 7) is 5.05. The lowest BCUT2D eigenvalue weighted by Crippen LogP contribution is -2.60. The minimum atomic E-state index is 0.0826. The molecule has 1 aliphatic rings.